The predicted molar refractivity (Wildman–Crippen MR) is 127 cm³/mol. The van der Waals surface area contributed by atoms with Crippen molar-refractivity contribution in [3.05, 3.63) is 65.5 Å². The van der Waals surface area contributed by atoms with Crippen molar-refractivity contribution >= 4 is 22.8 Å². The Morgan fingerprint density at radius 3 is 2.69 bits per heavy atom. The number of aryl methyl sites for hydroxylation is 3. The van der Waals surface area contributed by atoms with Crippen molar-refractivity contribution in [2.24, 2.45) is 0 Å². The molecule has 6 heteroatoms. The molecule has 2 amide bonds. The third-order valence-corrected chi connectivity index (χ3v) is 6.55. The van der Waals surface area contributed by atoms with Crippen LogP contribution in [-0.2, 0) is 11.3 Å². The van der Waals surface area contributed by atoms with Crippen LogP contribution >= 0.6 is 0 Å². The maximum absolute atomic E-state index is 13.1. The molecule has 6 nitrogen and oxygen atoms in total. The van der Waals surface area contributed by atoms with E-state index in [1.54, 1.807) is 0 Å². The molecule has 1 fully saturated rings. The van der Waals surface area contributed by atoms with Gasteiger partial charge in [-0.1, -0.05) is 18.2 Å². The van der Waals surface area contributed by atoms with Crippen LogP contribution in [-0.4, -0.2) is 45.4 Å². The minimum Gasteiger partial charge on any atom is -0.352 e. The van der Waals surface area contributed by atoms with Crippen LogP contribution in [0.3, 0.4) is 0 Å². The Labute approximate surface area is 189 Å². The Morgan fingerprint density at radius 1 is 1.09 bits per heavy atom. The van der Waals surface area contributed by atoms with Gasteiger partial charge in [-0.2, -0.15) is 0 Å². The van der Waals surface area contributed by atoms with Crippen molar-refractivity contribution in [1.82, 2.24) is 19.8 Å². The highest BCUT2D eigenvalue weighted by molar-refractivity contribution is 5.94. The summed E-state index contributed by atoms with van der Waals surface area (Å²) in [7, 11) is 0. The van der Waals surface area contributed by atoms with Gasteiger partial charge in [-0.3, -0.25) is 9.59 Å². The zero-order valence-electron chi connectivity index (χ0n) is 19.0. The van der Waals surface area contributed by atoms with Crippen LogP contribution < -0.4 is 5.32 Å². The quantitative estimate of drug-likeness (QED) is 0.607. The number of fused-ring (bicyclic) bond motifs is 1. The lowest BCUT2D eigenvalue weighted by Crippen LogP contribution is -2.45. The van der Waals surface area contributed by atoms with Crippen LogP contribution in [0.1, 0.15) is 53.6 Å². The molecular formula is C26H32N4O2. The van der Waals surface area contributed by atoms with Gasteiger partial charge in [0, 0.05) is 37.7 Å². The van der Waals surface area contributed by atoms with E-state index in [1.165, 1.54) is 11.1 Å². The van der Waals surface area contributed by atoms with Crippen LogP contribution in [0.4, 0.5) is 0 Å². The van der Waals surface area contributed by atoms with Gasteiger partial charge < -0.3 is 14.8 Å². The molecule has 2 aromatic carbocycles. The first-order valence-electron chi connectivity index (χ1n) is 11.6. The number of carbonyl (C=O) groups excluding carboxylic acids is 2. The van der Waals surface area contributed by atoms with Crippen LogP contribution in [0.5, 0.6) is 0 Å². The molecule has 0 unspecified atom stereocenters. The number of nitrogens with zero attached hydrogens (tertiary/aromatic N) is 3. The van der Waals surface area contributed by atoms with Crippen molar-refractivity contribution in [2.45, 2.75) is 58.5 Å². The Balaban J connectivity index is 1.32. The number of likely N-dealkylation sites (tertiary alicyclic amines) is 1. The van der Waals surface area contributed by atoms with Crippen LogP contribution in [0.2, 0.25) is 0 Å². The van der Waals surface area contributed by atoms with Gasteiger partial charge in [0.2, 0.25) is 5.91 Å². The summed E-state index contributed by atoms with van der Waals surface area (Å²) >= 11 is 0. The third-order valence-electron chi connectivity index (χ3n) is 6.55. The Kier molecular flexibility index (Phi) is 6.88. The number of hydrogen-bond donors (Lipinski definition) is 1. The maximum atomic E-state index is 13.1. The van der Waals surface area contributed by atoms with Gasteiger partial charge in [0.25, 0.3) is 5.91 Å². The third kappa shape index (κ3) is 5.01. The SMILES string of the molecule is Cc1cc2ncn(CCC(=O)N3CCCC[C@H]3CCNC(=O)c3ccccc3)c2cc1C. The van der Waals surface area contributed by atoms with Crippen molar-refractivity contribution in [3.63, 3.8) is 0 Å². The zero-order valence-corrected chi connectivity index (χ0v) is 19.0. The van der Waals surface area contributed by atoms with Gasteiger partial charge in [0.1, 0.15) is 0 Å². The standard InChI is InChI=1S/C26H32N4O2/c1-19-16-23-24(17-20(19)2)29(18-28-23)15-12-25(31)30-14-7-6-10-22(30)11-13-27-26(32)21-8-4-3-5-9-21/h3-5,8-9,16-18,22H,6-7,10-15H2,1-2H3,(H,27,32)/t22-/m0/s1. The van der Waals surface area contributed by atoms with E-state index in [-0.39, 0.29) is 17.9 Å². The lowest BCUT2D eigenvalue weighted by atomic mass is 9.98. The van der Waals surface area contributed by atoms with Crippen LogP contribution in [0, 0.1) is 13.8 Å². The minimum absolute atomic E-state index is 0.0585. The fraction of sp³-hybridized carbons (Fsp3) is 0.423. The summed E-state index contributed by atoms with van der Waals surface area (Å²) in [6, 6.07) is 13.7. The second-order valence-corrected chi connectivity index (χ2v) is 8.76. The topological polar surface area (TPSA) is 67.2 Å². The molecule has 1 atom stereocenters. The number of hydrogen-bond acceptors (Lipinski definition) is 3. The Hall–Kier alpha value is -3.15. The number of amides is 2. The summed E-state index contributed by atoms with van der Waals surface area (Å²) < 4.78 is 2.08. The highest BCUT2D eigenvalue weighted by Crippen LogP contribution is 2.22. The first kappa shape index (κ1) is 22.1. The molecule has 32 heavy (non-hydrogen) atoms. The fourth-order valence-corrected chi connectivity index (χ4v) is 4.52. The highest BCUT2D eigenvalue weighted by Gasteiger charge is 2.26. The molecule has 1 aromatic heterocycles. The monoisotopic (exact) mass is 432 g/mol. The summed E-state index contributed by atoms with van der Waals surface area (Å²) in [4.78, 5) is 31.9. The van der Waals surface area contributed by atoms with Gasteiger partial charge in [-0.05, 0) is 74.9 Å². The summed E-state index contributed by atoms with van der Waals surface area (Å²) in [6.07, 6.45) is 6.27. The molecule has 3 aromatic rings. The molecule has 0 saturated carbocycles. The van der Waals surface area contributed by atoms with Gasteiger partial charge in [0.15, 0.2) is 0 Å². The van der Waals surface area contributed by atoms with E-state index >= 15 is 0 Å². The molecular weight excluding hydrogens is 400 g/mol. The molecule has 168 valence electrons. The molecule has 1 aliphatic heterocycles. The number of nitrogens with one attached hydrogen (secondary N) is 1. The Bertz CT molecular complexity index is 1090. The van der Waals surface area contributed by atoms with Crippen molar-refractivity contribution in [2.75, 3.05) is 13.1 Å². The number of imidazole rings is 1. The first-order chi connectivity index (χ1) is 15.5. The van der Waals surface area contributed by atoms with E-state index in [4.69, 9.17) is 0 Å². The van der Waals surface area contributed by atoms with E-state index in [0.717, 1.165) is 43.3 Å². The molecule has 1 saturated heterocycles. The highest BCUT2D eigenvalue weighted by atomic mass is 16.2. The zero-order chi connectivity index (χ0) is 22.5. The van der Waals surface area contributed by atoms with E-state index in [2.05, 4.69) is 40.8 Å². The summed E-state index contributed by atoms with van der Waals surface area (Å²) in [5, 5.41) is 3.00. The van der Waals surface area contributed by atoms with E-state index < -0.39 is 0 Å². The van der Waals surface area contributed by atoms with E-state index in [1.807, 2.05) is 41.6 Å². The number of carbonyl (C=O) groups is 2. The molecule has 1 N–H and O–H groups in total. The van der Waals surface area contributed by atoms with Crippen molar-refractivity contribution in [3.8, 4) is 0 Å². The lowest BCUT2D eigenvalue weighted by molar-refractivity contribution is -0.135. The molecule has 1 aliphatic rings. The summed E-state index contributed by atoms with van der Waals surface area (Å²) in [5.74, 6) is 0.131. The number of aromatic nitrogens is 2. The average Bonchev–Trinajstić information content (AvgIpc) is 3.20. The van der Waals surface area contributed by atoms with Crippen molar-refractivity contribution in [1.29, 1.82) is 0 Å². The molecule has 0 spiro atoms. The number of benzene rings is 2. The van der Waals surface area contributed by atoms with Gasteiger partial charge in [0.05, 0.1) is 17.4 Å². The maximum Gasteiger partial charge on any atom is 0.251 e. The molecule has 0 aliphatic carbocycles. The average molecular weight is 433 g/mol. The normalized spacial score (nSPS) is 16.3. The molecule has 2 heterocycles. The predicted octanol–water partition coefficient (Wildman–Crippen LogP) is 4.24. The van der Waals surface area contributed by atoms with E-state index in [9.17, 15) is 9.59 Å². The fourth-order valence-electron chi connectivity index (χ4n) is 4.52. The van der Waals surface area contributed by atoms with Gasteiger partial charge >= 0.3 is 0 Å². The largest absolute Gasteiger partial charge is 0.352 e. The first-order valence-corrected chi connectivity index (χ1v) is 11.6. The number of piperidine rings is 1. The number of rotatable bonds is 7. The second-order valence-electron chi connectivity index (χ2n) is 8.76. The second kappa shape index (κ2) is 9.98. The van der Waals surface area contributed by atoms with Gasteiger partial charge in [-0.25, -0.2) is 4.98 Å². The van der Waals surface area contributed by atoms with Crippen LogP contribution in [0.15, 0.2) is 48.8 Å². The van der Waals surface area contributed by atoms with Gasteiger partial charge in [-0.15, -0.1) is 0 Å². The molecule has 4 rings (SSSR count). The summed E-state index contributed by atoms with van der Waals surface area (Å²) in [6.45, 7) is 6.21. The van der Waals surface area contributed by atoms with E-state index in [0.29, 0.717) is 25.1 Å². The van der Waals surface area contributed by atoms with Crippen LogP contribution in [0.25, 0.3) is 11.0 Å². The molecule has 0 bridgehead atoms. The van der Waals surface area contributed by atoms with Crippen molar-refractivity contribution < 1.29 is 9.59 Å². The lowest BCUT2D eigenvalue weighted by Gasteiger charge is -2.36. The molecule has 0 radical (unpaired) electrons. The Morgan fingerprint density at radius 2 is 1.88 bits per heavy atom. The smallest absolute Gasteiger partial charge is 0.251 e. The minimum atomic E-state index is -0.0585. The summed E-state index contributed by atoms with van der Waals surface area (Å²) in [5.41, 5.74) is 5.20.